The molecule has 0 aliphatic rings. The summed E-state index contributed by atoms with van der Waals surface area (Å²) in [6.07, 6.45) is 1.89. The standard InChI is InChI=1S/C11H15NO2S/c1-15-8-11(14)12-6-9-3-2-4-10(5-9)7-13/h2-5,13H,6-8H2,1H3,(H,12,14). The van der Waals surface area contributed by atoms with Crippen molar-refractivity contribution in [2.24, 2.45) is 0 Å². The highest BCUT2D eigenvalue weighted by molar-refractivity contribution is 7.99. The van der Waals surface area contributed by atoms with Crippen LogP contribution in [-0.2, 0) is 17.9 Å². The molecule has 0 aliphatic heterocycles. The van der Waals surface area contributed by atoms with Gasteiger partial charge in [-0.15, -0.1) is 0 Å². The van der Waals surface area contributed by atoms with E-state index in [1.165, 1.54) is 11.8 Å². The number of nitrogens with one attached hydrogen (secondary N) is 1. The molecule has 0 spiro atoms. The zero-order valence-electron chi connectivity index (χ0n) is 8.69. The van der Waals surface area contributed by atoms with Crippen LogP contribution in [0.25, 0.3) is 0 Å². The number of aliphatic hydroxyl groups excluding tert-OH is 1. The Morgan fingerprint density at radius 2 is 2.20 bits per heavy atom. The Morgan fingerprint density at radius 1 is 1.47 bits per heavy atom. The second kappa shape index (κ2) is 6.48. The van der Waals surface area contributed by atoms with Gasteiger partial charge < -0.3 is 10.4 Å². The summed E-state index contributed by atoms with van der Waals surface area (Å²) in [5.41, 5.74) is 1.88. The Kier molecular flexibility index (Phi) is 5.21. The monoisotopic (exact) mass is 225 g/mol. The van der Waals surface area contributed by atoms with Gasteiger partial charge in [-0.3, -0.25) is 4.79 Å². The van der Waals surface area contributed by atoms with Crippen LogP contribution in [0.15, 0.2) is 24.3 Å². The molecular formula is C11H15NO2S. The van der Waals surface area contributed by atoms with Gasteiger partial charge in [-0.2, -0.15) is 11.8 Å². The molecule has 0 fully saturated rings. The van der Waals surface area contributed by atoms with Gasteiger partial charge in [0.05, 0.1) is 12.4 Å². The number of carbonyl (C=O) groups is 1. The van der Waals surface area contributed by atoms with Crippen molar-refractivity contribution >= 4 is 17.7 Å². The molecule has 0 heterocycles. The van der Waals surface area contributed by atoms with E-state index < -0.39 is 0 Å². The lowest BCUT2D eigenvalue weighted by molar-refractivity contribution is -0.118. The topological polar surface area (TPSA) is 49.3 Å². The largest absolute Gasteiger partial charge is 0.392 e. The molecule has 0 saturated heterocycles. The van der Waals surface area contributed by atoms with Crippen LogP contribution in [0.3, 0.4) is 0 Å². The summed E-state index contributed by atoms with van der Waals surface area (Å²) in [5, 5.41) is 11.7. The van der Waals surface area contributed by atoms with Gasteiger partial charge in [0.2, 0.25) is 5.91 Å². The van der Waals surface area contributed by atoms with Crippen LogP contribution in [0.5, 0.6) is 0 Å². The molecule has 3 nitrogen and oxygen atoms in total. The highest BCUT2D eigenvalue weighted by atomic mass is 32.2. The molecule has 0 aromatic heterocycles. The minimum Gasteiger partial charge on any atom is -0.392 e. The van der Waals surface area contributed by atoms with E-state index in [9.17, 15) is 4.79 Å². The van der Waals surface area contributed by atoms with Crippen LogP contribution < -0.4 is 5.32 Å². The number of aliphatic hydroxyl groups is 1. The van der Waals surface area contributed by atoms with Gasteiger partial charge in [0.25, 0.3) is 0 Å². The highest BCUT2D eigenvalue weighted by Gasteiger charge is 2.00. The normalized spacial score (nSPS) is 10.0. The molecule has 0 atom stereocenters. The van der Waals surface area contributed by atoms with Crippen LogP contribution in [-0.4, -0.2) is 23.0 Å². The minimum absolute atomic E-state index is 0.0343. The third-order valence-electron chi connectivity index (χ3n) is 1.94. The van der Waals surface area contributed by atoms with E-state index in [0.29, 0.717) is 12.3 Å². The van der Waals surface area contributed by atoms with Crippen molar-refractivity contribution in [1.82, 2.24) is 5.32 Å². The predicted molar refractivity (Wildman–Crippen MR) is 62.6 cm³/mol. The summed E-state index contributed by atoms with van der Waals surface area (Å²) in [6.45, 7) is 0.555. The lowest BCUT2D eigenvalue weighted by Gasteiger charge is -2.05. The molecule has 0 aliphatic carbocycles. The molecular weight excluding hydrogens is 210 g/mol. The lowest BCUT2D eigenvalue weighted by atomic mass is 10.1. The van der Waals surface area contributed by atoms with Crippen LogP contribution in [0, 0.1) is 0 Å². The summed E-state index contributed by atoms with van der Waals surface area (Å²) in [7, 11) is 0. The quantitative estimate of drug-likeness (QED) is 0.790. The van der Waals surface area contributed by atoms with Crippen LogP contribution in [0.4, 0.5) is 0 Å². The number of amides is 1. The molecule has 0 radical (unpaired) electrons. The van der Waals surface area contributed by atoms with Crippen molar-refractivity contribution in [3.63, 3.8) is 0 Å². The predicted octanol–water partition coefficient (Wildman–Crippen LogP) is 1.16. The number of benzene rings is 1. The summed E-state index contributed by atoms with van der Waals surface area (Å²) in [4.78, 5) is 11.2. The Labute approximate surface area is 93.9 Å². The van der Waals surface area contributed by atoms with E-state index in [1.54, 1.807) is 0 Å². The van der Waals surface area contributed by atoms with Gasteiger partial charge in [-0.1, -0.05) is 24.3 Å². The first-order chi connectivity index (χ1) is 7.26. The molecule has 4 heteroatoms. The van der Waals surface area contributed by atoms with Crippen molar-refractivity contribution in [2.75, 3.05) is 12.0 Å². The van der Waals surface area contributed by atoms with Gasteiger partial charge in [0.1, 0.15) is 0 Å². The molecule has 82 valence electrons. The maximum Gasteiger partial charge on any atom is 0.230 e. The Balaban J connectivity index is 2.46. The van der Waals surface area contributed by atoms with Gasteiger partial charge in [0, 0.05) is 6.54 Å². The molecule has 1 aromatic rings. The molecule has 1 amide bonds. The van der Waals surface area contributed by atoms with Crippen molar-refractivity contribution in [3.8, 4) is 0 Å². The third-order valence-corrected chi connectivity index (χ3v) is 2.49. The van der Waals surface area contributed by atoms with Crippen LogP contribution in [0.2, 0.25) is 0 Å². The highest BCUT2D eigenvalue weighted by Crippen LogP contribution is 2.04. The Bertz CT molecular complexity index is 328. The van der Waals surface area contributed by atoms with Crippen molar-refractivity contribution in [1.29, 1.82) is 0 Å². The zero-order valence-corrected chi connectivity index (χ0v) is 9.51. The van der Waals surface area contributed by atoms with Gasteiger partial charge in [0.15, 0.2) is 0 Å². The van der Waals surface area contributed by atoms with E-state index in [0.717, 1.165) is 11.1 Å². The molecule has 1 aromatic carbocycles. The fourth-order valence-electron chi connectivity index (χ4n) is 1.22. The smallest absolute Gasteiger partial charge is 0.230 e. The molecule has 15 heavy (non-hydrogen) atoms. The summed E-state index contributed by atoms with van der Waals surface area (Å²) in [5.74, 6) is 0.525. The first-order valence-electron chi connectivity index (χ1n) is 4.70. The average molecular weight is 225 g/mol. The van der Waals surface area contributed by atoms with E-state index >= 15 is 0 Å². The first kappa shape index (κ1) is 12.1. The maximum atomic E-state index is 11.2. The number of hydrogen-bond donors (Lipinski definition) is 2. The fraction of sp³-hybridized carbons (Fsp3) is 0.364. The maximum absolute atomic E-state index is 11.2. The SMILES string of the molecule is CSCC(=O)NCc1cccc(CO)c1. The molecule has 0 unspecified atom stereocenters. The van der Waals surface area contributed by atoms with E-state index in [2.05, 4.69) is 5.32 Å². The minimum atomic E-state index is 0.0343. The Hall–Kier alpha value is -1.00. The molecule has 0 bridgehead atoms. The van der Waals surface area contributed by atoms with Gasteiger partial charge >= 0.3 is 0 Å². The number of carbonyl (C=O) groups excluding carboxylic acids is 1. The van der Waals surface area contributed by atoms with E-state index in [4.69, 9.17) is 5.11 Å². The first-order valence-corrected chi connectivity index (χ1v) is 6.10. The zero-order chi connectivity index (χ0) is 11.1. The van der Waals surface area contributed by atoms with Crippen molar-refractivity contribution in [2.45, 2.75) is 13.2 Å². The average Bonchev–Trinajstić information content (AvgIpc) is 2.27. The molecule has 1 rings (SSSR count). The van der Waals surface area contributed by atoms with Crippen molar-refractivity contribution in [3.05, 3.63) is 35.4 Å². The van der Waals surface area contributed by atoms with E-state index in [-0.39, 0.29) is 12.5 Å². The fourth-order valence-corrected chi connectivity index (χ4v) is 1.58. The number of rotatable bonds is 5. The number of thioether (sulfide) groups is 1. The van der Waals surface area contributed by atoms with Crippen molar-refractivity contribution < 1.29 is 9.90 Å². The number of hydrogen-bond acceptors (Lipinski definition) is 3. The van der Waals surface area contributed by atoms with E-state index in [1.807, 2.05) is 30.5 Å². The lowest BCUT2D eigenvalue weighted by Crippen LogP contribution is -2.24. The van der Waals surface area contributed by atoms with Gasteiger partial charge in [-0.25, -0.2) is 0 Å². The second-order valence-electron chi connectivity index (χ2n) is 3.19. The molecule has 2 N–H and O–H groups in total. The third kappa shape index (κ3) is 4.36. The summed E-state index contributed by atoms with van der Waals surface area (Å²) < 4.78 is 0. The summed E-state index contributed by atoms with van der Waals surface area (Å²) in [6, 6.07) is 7.55. The van der Waals surface area contributed by atoms with Gasteiger partial charge in [-0.05, 0) is 17.4 Å². The van der Waals surface area contributed by atoms with Crippen LogP contribution in [0.1, 0.15) is 11.1 Å². The molecule has 0 saturated carbocycles. The summed E-state index contributed by atoms with van der Waals surface area (Å²) >= 11 is 1.50. The second-order valence-corrected chi connectivity index (χ2v) is 4.05. The van der Waals surface area contributed by atoms with Crippen LogP contribution >= 0.6 is 11.8 Å². The Morgan fingerprint density at radius 3 is 2.87 bits per heavy atom.